The number of aromatic nitrogens is 2. The number of hydrogen-bond donors (Lipinski definition) is 1. The summed E-state index contributed by atoms with van der Waals surface area (Å²) in [6.45, 7) is 4.66. The van der Waals surface area contributed by atoms with Gasteiger partial charge in [0.05, 0.1) is 0 Å². The highest BCUT2D eigenvalue weighted by atomic mass is 32.2. The minimum atomic E-state index is -3.60. The van der Waals surface area contributed by atoms with Gasteiger partial charge in [-0.1, -0.05) is 39.2 Å². The van der Waals surface area contributed by atoms with Gasteiger partial charge in [0.25, 0.3) is 0 Å². The van der Waals surface area contributed by atoms with Crippen molar-refractivity contribution in [2.45, 2.75) is 44.4 Å². The van der Waals surface area contributed by atoms with Crippen LogP contribution in [0, 0.1) is 5.92 Å². The lowest BCUT2D eigenvalue weighted by Crippen LogP contribution is -2.29. The molecule has 116 valence electrons. The average molecular weight is 311 g/mol. The maximum Gasteiger partial charge on any atom is 0.242 e. The summed E-state index contributed by atoms with van der Waals surface area (Å²) in [6, 6.07) is 4.82. The Morgan fingerprint density at radius 3 is 2.81 bits per heavy atom. The van der Waals surface area contributed by atoms with Crippen molar-refractivity contribution in [3.05, 3.63) is 18.2 Å². The van der Waals surface area contributed by atoms with Crippen LogP contribution in [0.5, 0.6) is 0 Å². The Morgan fingerprint density at radius 1 is 1.29 bits per heavy atom. The number of benzene rings is 1. The van der Waals surface area contributed by atoms with Gasteiger partial charge in [-0.2, -0.15) is 0 Å². The zero-order chi connectivity index (χ0) is 15.3. The molecule has 0 aliphatic carbocycles. The number of hydrogen-bond acceptors (Lipinski definition) is 5. The summed E-state index contributed by atoms with van der Waals surface area (Å²) in [6.07, 6.45) is 4.22. The van der Waals surface area contributed by atoms with Crippen LogP contribution in [0.4, 0.5) is 0 Å². The largest absolute Gasteiger partial charge is 0.243 e. The van der Waals surface area contributed by atoms with Crippen LogP contribution < -0.4 is 4.72 Å². The molecule has 0 amide bonds. The second-order valence-electron chi connectivity index (χ2n) is 5.16. The smallest absolute Gasteiger partial charge is 0.242 e. The van der Waals surface area contributed by atoms with Crippen LogP contribution in [-0.2, 0) is 10.0 Å². The minimum Gasteiger partial charge on any atom is -0.243 e. The third-order valence-corrected chi connectivity index (χ3v) is 5.10. The second kappa shape index (κ2) is 7.00. The van der Waals surface area contributed by atoms with Gasteiger partial charge in [0, 0.05) is 6.54 Å². The van der Waals surface area contributed by atoms with Crippen LogP contribution in [0.15, 0.2) is 27.7 Å². The molecule has 0 bridgehead atoms. The summed E-state index contributed by atoms with van der Waals surface area (Å²) < 4.78 is 32.1. The zero-order valence-electron chi connectivity index (χ0n) is 12.4. The summed E-state index contributed by atoms with van der Waals surface area (Å²) in [5, 5.41) is 7.34. The predicted molar refractivity (Wildman–Crippen MR) is 80.3 cm³/mol. The zero-order valence-corrected chi connectivity index (χ0v) is 13.2. The summed E-state index contributed by atoms with van der Waals surface area (Å²) >= 11 is 0. The van der Waals surface area contributed by atoms with Crippen molar-refractivity contribution in [1.29, 1.82) is 0 Å². The highest BCUT2D eigenvalue weighted by Gasteiger charge is 2.21. The highest BCUT2D eigenvalue weighted by molar-refractivity contribution is 7.89. The quantitative estimate of drug-likeness (QED) is 0.810. The summed E-state index contributed by atoms with van der Waals surface area (Å²) in [5.74, 6) is 0.356. The molecule has 0 saturated carbocycles. The van der Waals surface area contributed by atoms with Crippen molar-refractivity contribution >= 4 is 21.1 Å². The van der Waals surface area contributed by atoms with E-state index in [0.29, 0.717) is 18.0 Å². The molecule has 7 heteroatoms. The molecule has 2 aromatic rings. The van der Waals surface area contributed by atoms with E-state index in [4.69, 9.17) is 0 Å². The maximum atomic E-state index is 12.4. The van der Waals surface area contributed by atoms with Gasteiger partial charge >= 0.3 is 0 Å². The number of nitrogens with one attached hydrogen (secondary N) is 1. The lowest BCUT2D eigenvalue weighted by Gasteiger charge is -2.15. The third kappa shape index (κ3) is 3.79. The summed E-state index contributed by atoms with van der Waals surface area (Å²) in [5.41, 5.74) is 0.711. The van der Waals surface area contributed by atoms with Crippen LogP contribution in [0.1, 0.15) is 39.5 Å². The number of sulfonamides is 1. The lowest BCUT2D eigenvalue weighted by molar-refractivity contribution is 0.315. The molecule has 1 heterocycles. The van der Waals surface area contributed by atoms with E-state index in [2.05, 4.69) is 33.5 Å². The monoisotopic (exact) mass is 311 g/mol. The van der Waals surface area contributed by atoms with Crippen molar-refractivity contribution in [3.8, 4) is 0 Å². The van der Waals surface area contributed by atoms with Crippen molar-refractivity contribution in [1.82, 2.24) is 15.0 Å². The number of fused-ring (bicyclic) bond motifs is 1. The van der Waals surface area contributed by atoms with E-state index in [9.17, 15) is 8.42 Å². The van der Waals surface area contributed by atoms with Gasteiger partial charge < -0.3 is 0 Å². The van der Waals surface area contributed by atoms with Crippen molar-refractivity contribution in [3.63, 3.8) is 0 Å². The first-order chi connectivity index (χ1) is 10.1. The molecule has 2 rings (SSSR count). The molecule has 1 aromatic carbocycles. The SMILES string of the molecule is CCCC[C@@H](CC)CNS(=O)(=O)c1cccc2nonc12. The Balaban J connectivity index is 2.13. The van der Waals surface area contributed by atoms with E-state index in [1.54, 1.807) is 12.1 Å². The molecule has 1 atom stereocenters. The summed E-state index contributed by atoms with van der Waals surface area (Å²) in [4.78, 5) is 0.117. The van der Waals surface area contributed by atoms with Crippen LogP contribution in [0.25, 0.3) is 11.0 Å². The van der Waals surface area contributed by atoms with E-state index in [-0.39, 0.29) is 10.4 Å². The number of rotatable bonds is 8. The van der Waals surface area contributed by atoms with Crippen molar-refractivity contribution in [2.75, 3.05) is 6.54 Å². The van der Waals surface area contributed by atoms with Gasteiger partial charge in [-0.15, -0.1) is 0 Å². The topological polar surface area (TPSA) is 85.1 Å². The number of nitrogens with zero attached hydrogens (tertiary/aromatic N) is 2. The molecule has 6 nitrogen and oxygen atoms in total. The van der Waals surface area contributed by atoms with Crippen LogP contribution in [-0.4, -0.2) is 25.3 Å². The van der Waals surface area contributed by atoms with Crippen LogP contribution >= 0.6 is 0 Å². The highest BCUT2D eigenvalue weighted by Crippen LogP contribution is 2.20. The van der Waals surface area contributed by atoms with Gasteiger partial charge in [0.2, 0.25) is 10.0 Å². The second-order valence-corrected chi connectivity index (χ2v) is 6.89. The standard InChI is InChI=1S/C14H21N3O3S/c1-3-5-7-11(4-2)10-15-21(18,19)13-9-6-8-12-14(13)17-20-16-12/h6,8-9,11,15H,3-5,7,10H2,1-2H3/t11-/m1/s1. The Bertz CT molecular complexity index is 682. The Hall–Kier alpha value is -1.47. The molecule has 0 radical (unpaired) electrons. The average Bonchev–Trinajstić information content (AvgIpc) is 2.95. The molecule has 0 saturated heterocycles. The molecule has 1 N–H and O–H groups in total. The van der Waals surface area contributed by atoms with Gasteiger partial charge in [-0.25, -0.2) is 17.8 Å². The molecule has 1 aromatic heterocycles. The van der Waals surface area contributed by atoms with Crippen molar-refractivity contribution in [2.24, 2.45) is 5.92 Å². The third-order valence-electron chi connectivity index (χ3n) is 3.64. The molecule has 21 heavy (non-hydrogen) atoms. The minimum absolute atomic E-state index is 0.117. The molecular formula is C14H21N3O3S. The van der Waals surface area contributed by atoms with Gasteiger partial charge in [0.1, 0.15) is 10.4 Å². The molecule has 0 aliphatic heterocycles. The fourth-order valence-electron chi connectivity index (χ4n) is 2.25. The van der Waals surface area contributed by atoms with Crippen LogP contribution in [0.2, 0.25) is 0 Å². The molecule has 0 aliphatic rings. The Labute approximate surface area is 124 Å². The number of unbranched alkanes of at least 4 members (excludes halogenated alkanes) is 1. The van der Waals surface area contributed by atoms with E-state index in [0.717, 1.165) is 25.7 Å². The summed E-state index contributed by atoms with van der Waals surface area (Å²) in [7, 11) is -3.60. The Morgan fingerprint density at radius 2 is 2.10 bits per heavy atom. The lowest BCUT2D eigenvalue weighted by atomic mass is 10.00. The maximum absolute atomic E-state index is 12.4. The van der Waals surface area contributed by atoms with Crippen LogP contribution in [0.3, 0.4) is 0 Å². The fraction of sp³-hybridized carbons (Fsp3) is 0.571. The molecule has 0 fully saturated rings. The predicted octanol–water partition coefficient (Wildman–Crippen LogP) is 2.72. The van der Waals surface area contributed by atoms with E-state index >= 15 is 0 Å². The Kier molecular flexibility index (Phi) is 5.30. The van der Waals surface area contributed by atoms with E-state index < -0.39 is 10.0 Å². The van der Waals surface area contributed by atoms with Gasteiger partial charge in [0.15, 0.2) is 5.52 Å². The van der Waals surface area contributed by atoms with Crippen molar-refractivity contribution < 1.29 is 13.0 Å². The van der Waals surface area contributed by atoms with Gasteiger partial charge in [-0.3, -0.25) is 0 Å². The molecule has 0 spiro atoms. The normalized spacial score (nSPS) is 13.6. The van der Waals surface area contributed by atoms with Gasteiger partial charge in [-0.05, 0) is 34.8 Å². The first kappa shape index (κ1) is 15.9. The first-order valence-electron chi connectivity index (χ1n) is 7.29. The molecule has 0 unspecified atom stereocenters. The van der Waals surface area contributed by atoms with E-state index in [1.807, 2.05) is 0 Å². The molecular weight excluding hydrogens is 290 g/mol. The first-order valence-corrected chi connectivity index (χ1v) is 8.77. The van der Waals surface area contributed by atoms with E-state index in [1.165, 1.54) is 6.07 Å². The fourth-order valence-corrected chi connectivity index (χ4v) is 3.51.